The molecule has 1 N–H and O–H groups in total. The number of nitrogens with zero attached hydrogens (tertiary/aromatic N) is 1. The van der Waals surface area contributed by atoms with Gasteiger partial charge in [0.25, 0.3) is 5.56 Å². The fourth-order valence-electron chi connectivity index (χ4n) is 1.12. The predicted molar refractivity (Wildman–Crippen MR) is 47.3 cm³/mol. The molecular weight excluding hydrogens is 195 g/mol. The summed E-state index contributed by atoms with van der Waals surface area (Å²) >= 11 is 5.58. The second kappa shape index (κ2) is 2.81. The quantitative estimate of drug-likeness (QED) is 0.701. The zero-order valence-corrected chi connectivity index (χ0v) is 7.10. The van der Waals surface area contributed by atoms with Gasteiger partial charge in [0.15, 0.2) is 0 Å². The molecule has 1 aromatic heterocycles. The molecule has 1 heterocycles. The lowest BCUT2D eigenvalue weighted by Gasteiger charge is -1.97. The van der Waals surface area contributed by atoms with E-state index in [1.165, 1.54) is 12.4 Å². The molecule has 0 atom stereocenters. The molecule has 2 aromatic rings. The van der Waals surface area contributed by atoms with E-state index < -0.39 is 11.4 Å². The van der Waals surface area contributed by atoms with Gasteiger partial charge in [0, 0.05) is 5.02 Å². The van der Waals surface area contributed by atoms with E-state index >= 15 is 0 Å². The summed E-state index contributed by atoms with van der Waals surface area (Å²) in [4.78, 5) is 17.2. The topological polar surface area (TPSA) is 45.8 Å². The molecule has 5 heteroatoms. The Balaban J connectivity index is 3.03. The van der Waals surface area contributed by atoms with Crippen LogP contribution in [0.1, 0.15) is 0 Å². The van der Waals surface area contributed by atoms with Crippen LogP contribution in [0.15, 0.2) is 23.3 Å². The molecule has 0 saturated carbocycles. The average Bonchev–Trinajstić information content (AvgIpc) is 2.02. The number of H-pyrrole nitrogens is 1. The first-order chi connectivity index (χ1) is 6.18. The smallest absolute Gasteiger partial charge is 0.261 e. The van der Waals surface area contributed by atoms with E-state index in [0.29, 0.717) is 0 Å². The molecule has 0 saturated heterocycles. The highest BCUT2D eigenvalue weighted by molar-refractivity contribution is 6.31. The summed E-state index contributed by atoms with van der Waals surface area (Å²) in [5.41, 5.74) is -0.243. The van der Waals surface area contributed by atoms with Crippen molar-refractivity contribution in [1.82, 2.24) is 9.97 Å². The van der Waals surface area contributed by atoms with E-state index in [-0.39, 0.29) is 15.9 Å². The highest BCUT2D eigenvalue weighted by atomic mass is 35.5. The molecule has 0 aliphatic heterocycles. The molecule has 0 aliphatic carbocycles. The number of hydrogen-bond acceptors (Lipinski definition) is 2. The second-order valence-corrected chi connectivity index (χ2v) is 2.95. The normalized spacial score (nSPS) is 10.6. The summed E-state index contributed by atoms with van der Waals surface area (Å²) < 4.78 is 13.2. The van der Waals surface area contributed by atoms with Gasteiger partial charge in [-0.1, -0.05) is 11.6 Å². The maximum Gasteiger partial charge on any atom is 0.261 e. The first kappa shape index (κ1) is 8.19. The van der Waals surface area contributed by atoms with Crippen LogP contribution in [0, 0.1) is 5.82 Å². The summed E-state index contributed by atoms with van der Waals surface area (Å²) in [6.07, 6.45) is 1.21. The van der Waals surface area contributed by atoms with Crippen LogP contribution in [-0.2, 0) is 0 Å². The molecule has 0 spiro atoms. The van der Waals surface area contributed by atoms with Gasteiger partial charge in [0.05, 0.1) is 11.8 Å². The maximum atomic E-state index is 13.2. The number of rotatable bonds is 0. The van der Waals surface area contributed by atoms with Gasteiger partial charge in [-0.05, 0) is 12.1 Å². The Hall–Kier alpha value is -1.42. The van der Waals surface area contributed by atoms with Gasteiger partial charge < -0.3 is 4.98 Å². The number of halogens is 2. The Kier molecular flexibility index (Phi) is 1.77. The number of benzene rings is 1. The third kappa shape index (κ3) is 1.29. The fourth-order valence-corrected chi connectivity index (χ4v) is 1.32. The van der Waals surface area contributed by atoms with Crippen LogP contribution >= 0.6 is 11.6 Å². The number of nitrogens with one attached hydrogen (secondary N) is 1. The highest BCUT2D eigenvalue weighted by Gasteiger charge is 2.06. The van der Waals surface area contributed by atoms with Crippen LogP contribution in [0.5, 0.6) is 0 Å². The molecule has 2 rings (SSSR count). The molecule has 0 bridgehead atoms. The van der Waals surface area contributed by atoms with Crippen molar-refractivity contribution >= 4 is 22.5 Å². The lowest BCUT2D eigenvalue weighted by atomic mass is 10.2. The van der Waals surface area contributed by atoms with E-state index in [1.807, 2.05) is 0 Å². The van der Waals surface area contributed by atoms with Crippen LogP contribution in [-0.4, -0.2) is 9.97 Å². The van der Waals surface area contributed by atoms with Crippen molar-refractivity contribution < 1.29 is 4.39 Å². The fraction of sp³-hybridized carbons (Fsp3) is 0. The van der Waals surface area contributed by atoms with E-state index in [2.05, 4.69) is 9.97 Å². The molecule has 0 amide bonds. The van der Waals surface area contributed by atoms with Crippen LogP contribution in [0.2, 0.25) is 5.02 Å². The first-order valence-electron chi connectivity index (χ1n) is 3.51. The van der Waals surface area contributed by atoms with Crippen molar-refractivity contribution in [2.45, 2.75) is 0 Å². The van der Waals surface area contributed by atoms with Gasteiger partial charge in [-0.2, -0.15) is 0 Å². The predicted octanol–water partition coefficient (Wildman–Crippen LogP) is 1.72. The molecule has 13 heavy (non-hydrogen) atoms. The van der Waals surface area contributed by atoms with E-state index in [0.717, 1.165) is 6.07 Å². The van der Waals surface area contributed by atoms with Crippen LogP contribution in [0.3, 0.4) is 0 Å². The Morgan fingerprint density at radius 1 is 1.46 bits per heavy atom. The molecule has 0 unspecified atom stereocenters. The van der Waals surface area contributed by atoms with Gasteiger partial charge in [-0.25, -0.2) is 9.37 Å². The lowest BCUT2D eigenvalue weighted by molar-refractivity contribution is 0.638. The van der Waals surface area contributed by atoms with Gasteiger partial charge in [-0.3, -0.25) is 4.79 Å². The zero-order chi connectivity index (χ0) is 9.42. The molecule has 66 valence electrons. The van der Waals surface area contributed by atoms with Crippen LogP contribution in [0.25, 0.3) is 10.9 Å². The van der Waals surface area contributed by atoms with Gasteiger partial charge in [-0.15, -0.1) is 0 Å². The molecule has 3 nitrogen and oxygen atoms in total. The van der Waals surface area contributed by atoms with Gasteiger partial charge >= 0.3 is 0 Å². The van der Waals surface area contributed by atoms with E-state index in [1.54, 1.807) is 0 Å². The molecule has 1 aromatic carbocycles. The minimum atomic E-state index is -0.656. The van der Waals surface area contributed by atoms with Crippen molar-refractivity contribution in [2.24, 2.45) is 0 Å². The van der Waals surface area contributed by atoms with Gasteiger partial charge in [0.1, 0.15) is 11.2 Å². The molecule has 0 fully saturated rings. The molecular formula is C8H4ClFN2O. The van der Waals surface area contributed by atoms with Crippen molar-refractivity contribution in [2.75, 3.05) is 0 Å². The van der Waals surface area contributed by atoms with Crippen molar-refractivity contribution in [3.05, 3.63) is 39.7 Å². The Bertz CT molecular complexity index is 523. The van der Waals surface area contributed by atoms with E-state index in [4.69, 9.17) is 11.6 Å². The van der Waals surface area contributed by atoms with E-state index in [9.17, 15) is 9.18 Å². The minimum Gasteiger partial charge on any atom is -0.313 e. The summed E-state index contributed by atoms with van der Waals surface area (Å²) in [7, 11) is 0. The highest BCUT2D eigenvalue weighted by Crippen LogP contribution is 2.17. The SMILES string of the molecule is O=c1[nH]cnc2cc(Cl)cc(F)c12. The standard InChI is InChI=1S/C8H4ClFN2O/c9-4-1-5(10)7-6(2-4)11-3-12-8(7)13/h1-3H,(H,11,12,13). The minimum absolute atomic E-state index is 0.0631. The Morgan fingerprint density at radius 3 is 3.00 bits per heavy atom. The third-order valence-electron chi connectivity index (χ3n) is 1.66. The second-order valence-electron chi connectivity index (χ2n) is 2.51. The maximum absolute atomic E-state index is 13.2. The first-order valence-corrected chi connectivity index (χ1v) is 3.89. The third-order valence-corrected chi connectivity index (χ3v) is 1.88. The number of aromatic nitrogens is 2. The lowest BCUT2D eigenvalue weighted by Crippen LogP contribution is -2.07. The van der Waals surface area contributed by atoms with Crippen LogP contribution in [0.4, 0.5) is 4.39 Å². The number of hydrogen-bond donors (Lipinski definition) is 1. The van der Waals surface area contributed by atoms with Crippen molar-refractivity contribution in [3.63, 3.8) is 0 Å². The summed E-state index contributed by atoms with van der Waals surface area (Å²) in [6.45, 7) is 0. The Morgan fingerprint density at radius 2 is 2.23 bits per heavy atom. The summed E-state index contributed by atoms with van der Waals surface area (Å²) in [6, 6.07) is 2.52. The monoisotopic (exact) mass is 198 g/mol. The van der Waals surface area contributed by atoms with Crippen molar-refractivity contribution in [1.29, 1.82) is 0 Å². The molecule has 0 aliphatic rings. The Labute approximate surface area is 77.2 Å². The molecule has 0 radical (unpaired) electrons. The van der Waals surface area contributed by atoms with Gasteiger partial charge in [0.2, 0.25) is 0 Å². The average molecular weight is 199 g/mol. The largest absolute Gasteiger partial charge is 0.313 e. The van der Waals surface area contributed by atoms with Crippen molar-refractivity contribution in [3.8, 4) is 0 Å². The zero-order valence-electron chi connectivity index (χ0n) is 6.34. The van der Waals surface area contributed by atoms with Crippen LogP contribution < -0.4 is 5.56 Å². The number of fused-ring (bicyclic) bond motifs is 1. The summed E-state index contributed by atoms with van der Waals surface area (Å²) in [5, 5.41) is 0.162. The summed E-state index contributed by atoms with van der Waals surface area (Å²) in [5.74, 6) is -0.656. The number of aromatic amines is 1.